The SMILES string of the molecule is COC(=O)C1=C(CN2CCOCC2C(F)(F)CC(=O)O)NC(c2nccs2)=N[C@H]1c1ccc(Cl)cc1Cl.COC(=O)C1=C(CN2CCO[C@H](C(C)C)[C@H]2CC(C)C(=O)O)NC(c2nccs2)=N[C@H]1c1ccc(Cl)cc1Cl.COC(=O)C1=C(CN2CCSC[C@H]2CCC(=O)O)NC(c2nccs2)=N[C@H]1c1ccc(Cl)cc1Cl. The number of aromatic nitrogens is 3. The second-order valence-electron chi connectivity index (χ2n) is 26.3. The van der Waals surface area contributed by atoms with E-state index in [-0.39, 0.29) is 73.1 Å². The Kier molecular flexibility index (Phi) is 30.8. The van der Waals surface area contributed by atoms with Gasteiger partial charge >= 0.3 is 35.8 Å². The average molecular weight is 1730 g/mol. The molecule has 3 aromatic heterocycles. The third kappa shape index (κ3) is 21.8. The van der Waals surface area contributed by atoms with E-state index in [1.54, 1.807) is 91.2 Å². The summed E-state index contributed by atoms with van der Waals surface area (Å²) in [4.78, 5) is 107. The van der Waals surface area contributed by atoms with Gasteiger partial charge in [-0.05, 0) is 55.2 Å². The number of carboxylic acids is 3. The maximum absolute atomic E-state index is 14.9. The molecule has 0 bridgehead atoms. The van der Waals surface area contributed by atoms with E-state index in [0.29, 0.717) is 136 Å². The number of esters is 3. The third-order valence-corrected chi connectivity index (χ3v) is 23.8. The molecule has 38 heteroatoms. The van der Waals surface area contributed by atoms with Crippen molar-refractivity contribution in [1.82, 2.24) is 45.6 Å². The number of aliphatic carboxylic acids is 3. The number of aliphatic imine (C=N–C) groups is 3. The summed E-state index contributed by atoms with van der Waals surface area (Å²) in [7, 11) is 3.86. The van der Waals surface area contributed by atoms with Crippen LogP contribution in [0.1, 0.15) is 96.3 Å². The lowest BCUT2D eigenvalue weighted by Gasteiger charge is -2.44. The predicted molar refractivity (Wildman–Crippen MR) is 424 cm³/mol. The highest BCUT2D eigenvalue weighted by Crippen LogP contribution is 2.43. The van der Waals surface area contributed by atoms with E-state index in [0.717, 1.165) is 18.1 Å². The fourth-order valence-electron chi connectivity index (χ4n) is 13.4. The van der Waals surface area contributed by atoms with Gasteiger partial charge in [0, 0.05) is 168 Å². The van der Waals surface area contributed by atoms with E-state index in [1.165, 1.54) is 66.3 Å². The van der Waals surface area contributed by atoms with Crippen molar-refractivity contribution in [3.05, 3.63) is 185 Å². The number of benzene rings is 3. The fraction of sp³-hybridized carbons (Fsp3) is 0.425. The molecule has 0 amide bonds. The number of carboxylic acid groups (broad SMARTS) is 3. The molecule has 0 spiro atoms. The van der Waals surface area contributed by atoms with Gasteiger partial charge in [-0.25, -0.2) is 38.1 Å². The zero-order valence-corrected chi connectivity index (χ0v) is 68.3. The standard InChI is InChI=1S/C27H32Cl2N4O5S.C23H22Cl2F2N4O5S.C23H24Cl2N4O4S2/c1-14(2)23-20(11-15(3)26(34)35)33(8-9-38-23)13-19-21(27(36)37-4)22(17-6-5-16(28)12-18(17)29)32-24(31-19)25-30-7-10-39-25;1-35-22(34)18-15(10-31-5-6-36-11-16(31)23(26,27)9-17(32)33)29-20(21-28-4-7-37-21)30-19(18)13-3-2-12(24)8-14(13)25;1-33-23(32)19-17(11-29-7-9-34-12-14(29)3-5-18(30)31)27-21(22-26-6-8-35-22)28-20(19)15-4-2-13(24)10-16(15)25/h5-7,10,12,14-15,20,22-23H,8-9,11,13H2,1-4H3,(H,31,32)(H,34,35);2-4,7-8,16,19H,5-6,9-11H2,1H3,(H,29,30)(H,32,33);2,4,6,8,10,14,20H,3,5,7,9,11-12H2,1H3,(H,27,28)(H,30,31)/t15?,20-,22+,23-;16?,19-;14-,20+/m101/s1. The molecule has 6 aliphatic rings. The lowest BCUT2D eigenvalue weighted by atomic mass is 9.89. The molecule has 26 nitrogen and oxygen atoms in total. The van der Waals surface area contributed by atoms with Crippen LogP contribution in [-0.2, 0) is 52.5 Å². The van der Waals surface area contributed by atoms with E-state index in [2.05, 4.69) is 59.5 Å². The molecular formula is C73H78Cl6F2N12O14S4. The summed E-state index contributed by atoms with van der Waals surface area (Å²) in [5.41, 5.74) is 3.91. The van der Waals surface area contributed by atoms with E-state index in [1.807, 2.05) is 10.8 Å². The molecule has 594 valence electrons. The highest BCUT2D eigenvalue weighted by atomic mass is 35.5. The number of rotatable bonds is 25. The van der Waals surface area contributed by atoms with Crippen LogP contribution >= 0.6 is 115 Å². The van der Waals surface area contributed by atoms with Crippen molar-refractivity contribution in [2.45, 2.75) is 94.7 Å². The van der Waals surface area contributed by atoms with Gasteiger partial charge in [0.1, 0.15) is 24.5 Å². The molecule has 12 rings (SSSR count). The fourth-order valence-corrected chi connectivity index (χ4v) is 17.9. The minimum Gasteiger partial charge on any atom is -0.481 e. The smallest absolute Gasteiger partial charge is 0.338 e. The van der Waals surface area contributed by atoms with Gasteiger partial charge in [-0.15, -0.1) is 34.0 Å². The van der Waals surface area contributed by atoms with Crippen molar-refractivity contribution < 1.29 is 76.6 Å². The van der Waals surface area contributed by atoms with Crippen LogP contribution in [0.2, 0.25) is 30.1 Å². The van der Waals surface area contributed by atoms with Crippen LogP contribution < -0.4 is 16.0 Å². The Bertz CT molecular complexity index is 4560. The topological polar surface area (TPSA) is 331 Å². The molecule has 6 N–H and O–H groups in total. The molecule has 8 atom stereocenters. The number of amidine groups is 3. The first-order chi connectivity index (χ1) is 53.1. The number of carbonyl (C=O) groups is 6. The van der Waals surface area contributed by atoms with Gasteiger partial charge in [-0.1, -0.05) is 109 Å². The summed E-state index contributed by atoms with van der Waals surface area (Å²) < 4.78 is 56.7. The monoisotopic (exact) mass is 1720 g/mol. The Labute approximate surface area is 684 Å². The van der Waals surface area contributed by atoms with Crippen molar-refractivity contribution in [3.8, 4) is 0 Å². The number of ether oxygens (including phenoxy) is 5. The lowest BCUT2D eigenvalue weighted by Crippen LogP contribution is -2.57. The lowest BCUT2D eigenvalue weighted by molar-refractivity contribution is -0.162. The van der Waals surface area contributed by atoms with Crippen LogP contribution in [0.25, 0.3) is 0 Å². The number of halogens is 8. The molecular weight excluding hydrogens is 1650 g/mol. The molecule has 2 unspecified atom stereocenters. The van der Waals surface area contributed by atoms with Crippen LogP contribution in [0, 0.1) is 11.8 Å². The van der Waals surface area contributed by atoms with E-state index in [4.69, 9.17) is 108 Å². The third-order valence-electron chi connectivity index (χ3n) is 18.7. The number of morpholine rings is 2. The molecule has 0 saturated carbocycles. The van der Waals surface area contributed by atoms with Crippen LogP contribution in [0.4, 0.5) is 8.78 Å². The number of nitrogens with one attached hydrogen (secondary N) is 3. The van der Waals surface area contributed by atoms with Crippen molar-refractivity contribution in [1.29, 1.82) is 0 Å². The van der Waals surface area contributed by atoms with E-state index in [9.17, 15) is 47.8 Å². The van der Waals surface area contributed by atoms with Crippen molar-refractivity contribution in [2.75, 3.05) is 91.9 Å². The van der Waals surface area contributed by atoms with E-state index < -0.39 is 78.2 Å². The first-order valence-corrected chi connectivity index (χ1v) is 40.7. The molecule has 6 aliphatic heterocycles. The van der Waals surface area contributed by atoms with Crippen LogP contribution in [0.5, 0.6) is 0 Å². The highest BCUT2D eigenvalue weighted by Gasteiger charge is 2.48. The van der Waals surface area contributed by atoms with Gasteiger partial charge in [-0.3, -0.25) is 44.1 Å². The summed E-state index contributed by atoms with van der Waals surface area (Å²) in [6.07, 6.45) is 4.46. The Morgan fingerprint density at radius 3 is 1.40 bits per heavy atom. The summed E-state index contributed by atoms with van der Waals surface area (Å²) in [5.74, 6) is -5.98. The second kappa shape index (κ2) is 39.7. The molecule has 3 aromatic carbocycles. The number of nitrogens with zero attached hydrogens (tertiary/aromatic N) is 9. The van der Waals surface area contributed by atoms with Crippen molar-refractivity contribution in [3.63, 3.8) is 0 Å². The quantitative estimate of drug-likeness (QED) is 0.0229. The average Bonchev–Trinajstić information content (AvgIpc) is 1.51. The normalized spacial score (nSPS) is 21.5. The van der Waals surface area contributed by atoms with Gasteiger partial charge in [0.15, 0.2) is 32.5 Å². The molecule has 111 heavy (non-hydrogen) atoms. The Morgan fingerprint density at radius 1 is 0.595 bits per heavy atom. The zero-order chi connectivity index (χ0) is 80.0. The van der Waals surface area contributed by atoms with Gasteiger partial charge in [0.05, 0.1) is 75.9 Å². The number of thiazole rings is 3. The van der Waals surface area contributed by atoms with E-state index >= 15 is 0 Å². The first-order valence-electron chi connectivity index (χ1n) is 34.6. The molecule has 0 aliphatic carbocycles. The Hall–Kier alpha value is -7.25. The number of hydrogen-bond donors (Lipinski definition) is 6. The first kappa shape index (κ1) is 86.2. The van der Waals surface area contributed by atoms with Gasteiger partial charge < -0.3 is 55.0 Å². The molecule has 9 heterocycles. The number of carbonyl (C=O) groups excluding carboxylic acids is 3. The van der Waals surface area contributed by atoms with Gasteiger partial charge in [0.2, 0.25) is 0 Å². The zero-order valence-electron chi connectivity index (χ0n) is 60.5. The molecule has 3 fully saturated rings. The minimum absolute atomic E-state index is 0.0674. The maximum atomic E-state index is 14.9. The molecule has 3 saturated heterocycles. The summed E-state index contributed by atoms with van der Waals surface area (Å²) in [5, 5.41) is 47.2. The number of alkyl halides is 2. The number of hydrogen-bond acceptors (Lipinski definition) is 27. The summed E-state index contributed by atoms with van der Waals surface area (Å²) in [6, 6.07) is 10.8. The van der Waals surface area contributed by atoms with Crippen LogP contribution in [-0.4, -0.2) is 220 Å². The highest BCUT2D eigenvalue weighted by molar-refractivity contribution is 7.99. The molecule has 0 radical (unpaired) electrons. The largest absolute Gasteiger partial charge is 0.481 e. The van der Waals surface area contributed by atoms with Gasteiger partial charge in [0.25, 0.3) is 5.92 Å². The molecule has 6 aromatic rings. The summed E-state index contributed by atoms with van der Waals surface area (Å²) >= 11 is 43.9. The second-order valence-corrected chi connectivity index (χ2v) is 32.7. The maximum Gasteiger partial charge on any atom is 0.338 e. The number of thioether (sulfide) groups is 1. The predicted octanol–water partition coefficient (Wildman–Crippen LogP) is 12.8. The summed E-state index contributed by atoms with van der Waals surface area (Å²) in [6.45, 7) is 8.07. The Morgan fingerprint density at radius 2 is 1.02 bits per heavy atom. The minimum atomic E-state index is -3.59. The van der Waals surface area contributed by atoms with Crippen molar-refractivity contribution >= 4 is 169 Å². The van der Waals surface area contributed by atoms with Gasteiger partial charge in [-0.2, -0.15) is 11.8 Å². The Balaban J connectivity index is 0.000000177. The van der Waals surface area contributed by atoms with Crippen molar-refractivity contribution in [2.24, 2.45) is 26.8 Å². The number of methoxy groups -OCH3 is 3. The van der Waals surface area contributed by atoms with Crippen LogP contribution in [0.3, 0.4) is 0 Å². The van der Waals surface area contributed by atoms with Crippen LogP contribution in [0.15, 0.2) is 138 Å².